The normalized spacial score (nSPS) is 13.8. The van der Waals surface area contributed by atoms with E-state index in [0.29, 0.717) is 0 Å². The number of aryl methyl sites for hydroxylation is 1. The molecule has 3 aromatic rings. The van der Waals surface area contributed by atoms with Crippen LogP contribution in [0.4, 0.5) is 4.39 Å². The van der Waals surface area contributed by atoms with Crippen LogP contribution in [0.25, 0.3) is 10.9 Å². The average molecular weight is 379 g/mol. The quantitative estimate of drug-likeness (QED) is 0.536. The van der Waals surface area contributed by atoms with Crippen molar-refractivity contribution in [2.75, 3.05) is 0 Å². The molecule has 4 rings (SSSR count). The number of halogens is 3. The molecule has 2 aromatic carbocycles. The average Bonchev–Trinajstić information content (AvgIpc) is 3.05. The van der Waals surface area contributed by atoms with E-state index in [1.54, 1.807) is 12.1 Å². The van der Waals surface area contributed by atoms with Crippen LogP contribution < -0.4 is 0 Å². The summed E-state index contributed by atoms with van der Waals surface area (Å²) in [5, 5.41) is 1.79. The number of hydrogen-bond donors (Lipinski definition) is 0. The van der Waals surface area contributed by atoms with Gasteiger partial charge in [-0.1, -0.05) is 23.7 Å². The zero-order valence-electron chi connectivity index (χ0n) is 11.9. The molecule has 1 aliphatic carbocycles. The molecule has 0 amide bonds. The van der Waals surface area contributed by atoms with E-state index in [0.717, 1.165) is 46.2 Å². The first-order valence-corrected chi connectivity index (χ1v) is 8.54. The zero-order valence-corrected chi connectivity index (χ0v) is 14.2. The molecule has 0 saturated carbocycles. The second kappa shape index (κ2) is 5.39. The summed E-state index contributed by atoms with van der Waals surface area (Å²) >= 11 is 9.51. The van der Waals surface area contributed by atoms with Crippen LogP contribution in [0.5, 0.6) is 0 Å². The Kier molecular flexibility index (Phi) is 3.50. The third kappa shape index (κ3) is 2.27. The van der Waals surface area contributed by atoms with Gasteiger partial charge in [0.05, 0.1) is 5.52 Å². The molecule has 112 valence electrons. The van der Waals surface area contributed by atoms with Gasteiger partial charge in [-0.2, -0.15) is 0 Å². The molecule has 0 saturated heterocycles. The van der Waals surface area contributed by atoms with Gasteiger partial charge in [-0.25, -0.2) is 4.39 Å². The Morgan fingerprint density at radius 1 is 1.14 bits per heavy atom. The molecular weight excluding hydrogens is 365 g/mol. The van der Waals surface area contributed by atoms with E-state index in [-0.39, 0.29) is 5.82 Å². The SMILES string of the molecule is Fc1cc(Br)c2c(c1)c1c(n2Cc2ccc(Cl)cc2)CCC1. The van der Waals surface area contributed by atoms with Gasteiger partial charge in [0.15, 0.2) is 0 Å². The summed E-state index contributed by atoms with van der Waals surface area (Å²) in [5.41, 5.74) is 4.95. The van der Waals surface area contributed by atoms with E-state index in [9.17, 15) is 4.39 Å². The van der Waals surface area contributed by atoms with Crippen LogP contribution in [0.3, 0.4) is 0 Å². The predicted octanol–water partition coefficient (Wildman–Crippen LogP) is 5.73. The number of fused-ring (bicyclic) bond motifs is 3. The second-order valence-electron chi connectivity index (χ2n) is 5.78. The van der Waals surface area contributed by atoms with Crippen molar-refractivity contribution < 1.29 is 4.39 Å². The van der Waals surface area contributed by atoms with Crippen molar-refractivity contribution in [2.24, 2.45) is 0 Å². The minimum Gasteiger partial charge on any atom is -0.339 e. The molecule has 4 heteroatoms. The largest absolute Gasteiger partial charge is 0.339 e. The van der Waals surface area contributed by atoms with Crippen molar-refractivity contribution in [1.82, 2.24) is 4.57 Å². The first-order chi connectivity index (χ1) is 10.6. The monoisotopic (exact) mass is 377 g/mol. The van der Waals surface area contributed by atoms with Crippen molar-refractivity contribution in [3.8, 4) is 0 Å². The third-order valence-corrected chi connectivity index (χ3v) is 5.25. The van der Waals surface area contributed by atoms with Gasteiger partial charge in [0.25, 0.3) is 0 Å². The summed E-state index contributed by atoms with van der Waals surface area (Å²) in [7, 11) is 0. The van der Waals surface area contributed by atoms with Gasteiger partial charge in [0.1, 0.15) is 5.82 Å². The molecular formula is C18H14BrClFN. The van der Waals surface area contributed by atoms with Gasteiger partial charge in [0, 0.05) is 27.1 Å². The molecule has 0 aliphatic heterocycles. The molecule has 0 fully saturated rings. The molecule has 22 heavy (non-hydrogen) atoms. The van der Waals surface area contributed by atoms with Crippen molar-refractivity contribution in [1.29, 1.82) is 0 Å². The van der Waals surface area contributed by atoms with E-state index in [1.165, 1.54) is 16.8 Å². The maximum absolute atomic E-state index is 13.8. The van der Waals surface area contributed by atoms with Crippen molar-refractivity contribution >= 4 is 38.4 Å². The lowest BCUT2D eigenvalue weighted by Crippen LogP contribution is -2.04. The zero-order chi connectivity index (χ0) is 15.3. The molecule has 0 spiro atoms. The predicted molar refractivity (Wildman–Crippen MR) is 92.2 cm³/mol. The Morgan fingerprint density at radius 2 is 1.91 bits per heavy atom. The van der Waals surface area contributed by atoms with Gasteiger partial charge >= 0.3 is 0 Å². The Balaban J connectivity index is 1.91. The molecule has 0 atom stereocenters. The van der Waals surface area contributed by atoms with Crippen molar-refractivity contribution in [3.63, 3.8) is 0 Å². The van der Waals surface area contributed by atoms with Gasteiger partial charge in [0.2, 0.25) is 0 Å². The molecule has 1 heterocycles. The maximum atomic E-state index is 13.8. The van der Waals surface area contributed by atoms with Gasteiger partial charge in [-0.05, 0) is 70.6 Å². The minimum absolute atomic E-state index is 0.183. The summed E-state index contributed by atoms with van der Waals surface area (Å²) < 4.78 is 16.9. The highest BCUT2D eigenvalue weighted by atomic mass is 79.9. The summed E-state index contributed by atoms with van der Waals surface area (Å²) in [4.78, 5) is 0. The Labute approximate surface area is 141 Å². The molecule has 0 bridgehead atoms. The van der Waals surface area contributed by atoms with E-state index >= 15 is 0 Å². The van der Waals surface area contributed by atoms with E-state index in [2.05, 4.69) is 20.5 Å². The number of hydrogen-bond acceptors (Lipinski definition) is 0. The highest BCUT2D eigenvalue weighted by Crippen LogP contribution is 2.37. The lowest BCUT2D eigenvalue weighted by molar-refractivity contribution is 0.628. The maximum Gasteiger partial charge on any atom is 0.125 e. The molecule has 0 radical (unpaired) electrons. The lowest BCUT2D eigenvalue weighted by Gasteiger charge is -2.11. The summed E-state index contributed by atoms with van der Waals surface area (Å²) in [6.07, 6.45) is 3.25. The van der Waals surface area contributed by atoms with Crippen LogP contribution in [0.1, 0.15) is 23.2 Å². The van der Waals surface area contributed by atoms with Crippen molar-refractivity contribution in [2.45, 2.75) is 25.8 Å². The van der Waals surface area contributed by atoms with Crippen LogP contribution in [0, 0.1) is 5.82 Å². The molecule has 0 N–H and O–H groups in total. The number of nitrogens with zero attached hydrogens (tertiary/aromatic N) is 1. The van der Waals surface area contributed by atoms with Gasteiger partial charge < -0.3 is 4.57 Å². The first-order valence-electron chi connectivity index (χ1n) is 7.37. The topological polar surface area (TPSA) is 4.93 Å². The van der Waals surface area contributed by atoms with E-state index < -0.39 is 0 Å². The Hall–Kier alpha value is -1.32. The van der Waals surface area contributed by atoms with Crippen LogP contribution in [-0.2, 0) is 19.4 Å². The van der Waals surface area contributed by atoms with Gasteiger partial charge in [-0.3, -0.25) is 0 Å². The molecule has 1 aliphatic rings. The van der Waals surface area contributed by atoms with Crippen LogP contribution >= 0.6 is 27.5 Å². The first kappa shape index (κ1) is 14.3. The smallest absolute Gasteiger partial charge is 0.125 e. The Bertz CT molecular complexity index is 867. The fourth-order valence-corrected chi connectivity index (χ4v) is 4.24. The molecule has 1 aromatic heterocycles. The fourth-order valence-electron chi connectivity index (χ4n) is 3.47. The standard InChI is InChI=1S/C18H14BrClFN/c19-16-9-13(21)8-15-14-2-1-3-17(14)22(18(15)16)10-11-4-6-12(20)7-5-11/h4-9H,1-3,10H2. The van der Waals surface area contributed by atoms with Gasteiger partial charge in [-0.15, -0.1) is 0 Å². The van der Waals surface area contributed by atoms with Crippen LogP contribution in [0.15, 0.2) is 40.9 Å². The summed E-state index contributed by atoms with van der Waals surface area (Å²) in [6, 6.07) is 11.1. The number of rotatable bonds is 2. The van der Waals surface area contributed by atoms with Crippen LogP contribution in [0.2, 0.25) is 5.02 Å². The van der Waals surface area contributed by atoms with Crippen LogP contribution in [-0.4, -0.2) is 4.57 Å². The minimum atomic E-state index is -0.183. The third-order valence-electron chi connectivity index (χ3n) is 4.39. The Morgan fingerprint density at radius 3 is 2.68 bits per heavy atom. The number of aromatic nitrogens is 1. The van der Waals surface area contributed by atoms with E-state index in [1.807, 2.05) is 24.3 Å². The molecule has 0 unspecified atom stereocenters. The summed E-state index contributed by atoms with van der Waals surface area (Å²) in [6.45, 7) is 0.785. The van der Waals surface area contributed by atoms with Crippen molar-refractivity contribution in [3.05, 3.63) is 68.5 Å². The van der Waals surface area contributed by atoms with E-state index in [4.69, 9.17) is 11.6 Å². The summed E-state index contributed by atoms with van der Waals surface area (Å²) in [5.74, 6) is -0.183. The lowest BCUT2D eigenvalue weighted by atomic mass is 10.1. The highest BCUT2D eigenvalue weighted by Gasteiger charge is 2.23. The molecule has 1 nitrogen and oxygen atoms in total. The second-order valence-corrected chi connectivity index (χ2v) is 7.07. The highest BCUT2D eigenvalue weighted by molar-refractivity contribution is 9.10. The number of benzene rings is 2. The fraction of sp³-hybridized carbons (Fsp3) is 0.222.